The maximum absolute atomic E-state index is 12.1. The van der Waals surface area contributed by atoms with Crippen LogP contribution < -0.4 is 5.32 Å². The van der Waals surface area contributed by atoms with E-state index in [0.717, 1.165) is 5.69 Å². The average Bonchev–Trinajstić information content (AvgIpc) is 3.19. The zero-order valence-electron chi connectivity index (χ0n) is 15.7. The fourth-order valence-corrected chi connectivity index (χ4v) is 2.55. The van der Waals surface area contributed by atoms with Gasteiger partial charge in [0.1, 0.15) is 6.04 Å². The number of carbonyl (C=O) groups is 3. The fourth-order valence-electron chi connectivity index (χ4n) is 2.55. The van der Waals surface area contributed by atoms with Gasteiger partial charge in [-0.1, -0.05) is 13.8 Å². The molecule has 0 fully saturated rings. The number of carbonyl (C=O) groups excluding carboxylic acids is 3. The molecule has 1 amide bonds. The largest absolute Gasteiger partial charge is 0.467 e. The minimum atomic E-state index is -0.762. The Morgan fingerprint density at radius 1 is 1.07 bits per heavy atom. The molecule has 0 saturated heterocycles. The minimum absolute atomic E-state index is 0.191. The van der Waals surface area contributed by atoms with Crippen molar-refractivity contribution in [3.63, 3.8) is 0 Å². The molecular formula is C20H24N2O5. The summed E-state index contributed by atoms with van der Waals surface area (Å²) in [5.74, 6) is -1.49. The van der Waals surface area contributed by atoms with E-state index < -0.39 is 30.5 Å². The van der Waals surface area contributed by atoms with Gasteiger partial charge in [-0.25, -0.2) is 9.59 Å². The summed E-state index contributed by atoms with van der Waals surface area (Å²) in [4.78, 5) is 35.8. The second-order valence-electron chi connectivity index (χ2n) is 6.49. The molecule has 2 rings (SSSR count). The van der Waals surface area contributed by atoms with Crippen LogP contribution in [0, 0.1) is 5.92 Å². The highest BCUT2D eigenvalue weighted by Gasteiger charge is 2.23. The molecule has 0 spiro atoms. The number of esters is 2. The van der Waals surface area contributed by atoms with Crippen molar-refractivity contribution in [2.24, 2.45) is 5.92 Å². The third-order valence-corrected chi connectivity index (χ3v) is 3.87. The molecule has 1 heterocycles. The normalized spacial score (nSPS) is 11.7. The van der Waals surface area contributed by atoms with Gasteiger partial charge in [0.05, 0.1) is 12.7 Å². The van der Waals surface area contributed by atoms with Gasteiger partial charge in [-0.3, -0.25) is 4.79 Å². The molecule has 1 aromatic carbocycles. The first-order valence-electron chi connectivity index (χ1n) is 8.68. The van der Waals surface area contributed by atoms with Crippen molar-refractivity contribution in [2.45, 2.75) is 26.3 Å². The number of aromatic nitrogens is 1. The van der Waals surface area contributed by atoms with Gasteiger partial charge in [0.25, 0.3) is 5.91 Å². The highest BCUT2D eigenvalue weighted by molar-refractivity contribution is 5.92. The first-order chi connectivity index (χ1) is 12.9. The van der Waals surface area contributed by atoms with Crippen LogP contribution in [0.1, 0.15) is 30.6 Å². The van der Waals surface area contributed by atoms with Crippen molar-refractivity contribution in [3.8, 4) is 5.69 Å². The van der Waals surface area contributed by atoms with Gasteiger partial charge in [-0.05, 0) is 48.7 Å². The molecule has 1 N–H and O–H groups in total. The Balaban J connectivity index is 1.88. The summed E-state index contributed by atoms with van der Waals surface area (Å²) in [7, 11) is 1.26. The first kappa shape index (κ1) is 20.2. The molecule has 0 aliphatic rings. The highest BCUT2D eigenvalue weighted by Crippen LogP contribution is 2.11. The zero-order chi connectivity index (χ0) is 19.8. The maximum atomic E-state index is 12.1. The van der Waals surface area contributed by atoms with E-state index in [-0.39, 0.29) is 5.92 Å². The summed E-state index contributed by atoms with van der Waals surface area (Å²) < 4.78 is 11.6. The number of nitrogens with zero attached hydrogens (tertiary/aromatic N) is 1. The number of hydrogen-bond acceptors (Lipinski definition) is 5. The zero-order valence-corrected chi connectivity index (χ0v) is 15.7. The quantitative estimate of drug-likeness (QED) is 0.719. The van der Waals surface area contributed by atoms with E-state index >= 15 is 0 Å². The Morgan fingerprint density at radius 3 is 2.26 bits per heavy atom. The number of amides is 1. The van der Waals surface area contributed by atoms with Crippen LogP contribution in [-0.2, 0) is 19.1 Å². The maximum Gasteiger partial charge on any atom is 0.338 e. The lowest BCUT2D eigenvalue weighted by Gasteiger charge is -2.18. The topological polar surface area (TPSA) is 86.6 Å². The Bertz CT molecular complexity index is 766. The fraction of sp³-hybridized carbons (Fsp3) is 0.350. The average molecular weight is 372 g/mol. The van der Waals surface area contributed by atoms with Crippen molar-refractivity contribution in [2.75, 3.05) is 13.7 Å². The Labute approximate surface area is 158 Å². The first-order valence-corrected chi connectivity index (χ1v) is 8.68. The number of hydrogen-bond donors (Lipinski definition) is 1. The van der Waals surface area contributed by atoms with E-state index in [4.69, 9.17) is 4.74 Å². The van der Waals surface area contributed by atoms with Crippen LogP contribution in [0.2, 0.25) is 0 Å². The smallest absolute Gasteiger partial charge is 0.338 e. The van der Waals surface area contributed by atoms with E-state index in [1.54, 1.807) is 24.3 Å². The standard InChI is InChI=1S/C20H24N2O5/c1-14(2)12-17(20(25)26-3)21-18(23)13-27-19(24)15-6-8-16(9-7-15)22-10-4-5-11-22/h4-11,14,17H,12-13H2,1-3H3,(H,21,23). The Kier molecular flexibility index (Phi) is 7.16. The number of rotatable bonds is 8. The van der Waals surface area contributed by atoms with Crippen LogP contribution in [0.4, 0.5) is 0 Å². The van der Waals surface area contributed by atoms with E-state index in [9.17, 15) is 14.4 Å². The van der Waals surface area contributed by atoms with Crippen LogP contribution in [-0.4, -0.2) is 42.2 Å². The second-order valence-corrected chi connectivity index (χ2v) is 6.49. The molecule has 1 aromatic heterocycles. The van der Waals surface area contributed by atoms with Crippen LogP contribution in [0.15, 0.2) is 48.8 Å². The monoisotopic (exact) mass is 372 g/mol. The number of ether oxygens (including phenoxy) is 2. The van der Waals surface area contributed by atoms with Crippen molar-refractivity contribution in [1.29, 1.82) is 0 Å². The predicted molar refractivity (Wildman–Crippen MR) is 99.5 cm³/mol. The van der Waals surface area contributed by atoms with Gasteiger partial charge >= 0.3 is 11.9 Å². The van der Waals surface area contributed by atoms with Gasteiger partial charge in [-0.2, -0.15) is 0 Å². The van der Waals surface area contributed by atoms with Crippen molar-refractivity contribution in [1.82, 2.24) is 9.88 Å². The van der Waals surface area contributed by atoms with Crippen LogP contribution >= 0.6 is 0 Å². The molecule has 0 aliphatic carbocycles. The van der Waals surface area contributed by atoms with E-state index in [1.807, 2.05) is 42.9 Å². The van der Waals surface area contributed by atoms with Crippen molar-refractivity contribution >= 4 is 17.8 Å². The molecule has 2 aromatic rings. The summed E-state index contributed by atoms with van der Waals surface area (Å²) in [5.41, 5.74) is 1.24. The lowest BCUT2D eigenvalue weighted by atomic mass is 10.0. The predicted octanol–water partition coefficient (Wildman–Crippen LogP) is 2.34. The molecule has 0 aliphatic heterocycles. The molecule has 0 radical (unpaired) electrons. The van der Waals surface area contributed by atoms with E-state index in [1.165, 1.54) is 7.11 Å². The van der Waals surface area contributed by atoms with E-state index in [0.29, 0.717) is 12.0 Å². The highest BCUT2D eigenvalue weighted by atomic mass is 16.5. The number of methoxy groups -OCH3 is 1. The molecule has 7 heteroatoms. The summed E-state index contributed by atoms with van der Waals surface area (Å²) >= 11 is 0. The SMILES string of the molecule is COC(=O)C(CC(C)C)NC(=O)COC(=O)c1ccc(-n2cccc2)cc1. The Hall–Kier alpha value is -3.09. The molecule has 0 bridgehead atoms. The molecule has 1 unspecified atom stereocenters. The lowest BCUT2D eigenvalue weighted by Crippen LogP contribution is -2.44. The third kappa shape index (κ3) is 5.99. The van der Waals surface area contributed by atoms with E-state index in [2.05, 4.69) is 10.1 Å². The van der Waals surface area contributed by atoms with Gasteiger partial charge in [0.2, 0.25) is 0 Å². The van der Waals surface area contributed by atoms with Gasteiger partial charge < -0.3 is 19.4 Å². The molecule has 1 atom stereocenters. The second kappa shape index (κ2) is 9.56. The Morgan fingerprint density at radius 2 is 1.70 bits per heavy atom. The molecular weight excluding hydrogens is 348 g/mol. The summed E-state index contributed by atoms with van der Waals surface area (Å²) in [6, 6.07) is 9.88. The van der Waals surface area contributed by atoms with Crippen molar-refractivity contribution < 1.29 is 23.9 Å². The molecule has 0 saturated carbocycles. The van der Waals surface area contributed by atoms with Crippen molar-refractivity contribution in [3.05, 3.63) is 54.4 Å². The van der Waals surface area contributed by atoms with Gasteiger partial charge in [0.15, 0.2) is 6.61 Å². The minimum Gasteiger partial charge on any atom is -0.467 e. The lowest BCUT2D eigenvalue weighted by molar-refractivity contribution is -0.145. The molecule has 7 nitrogen and oxygen atoms in total. The molecule has 144 valence electrons. The van der Waals surface area contributed by atoms with Gasteiger partial charge in [0, 0.05) is 18.1 Å². The summed E-state index contributed by atoms with van der Waals surface area (Å²) in [6.07, 6.45) is 4.23. The summed E-state index contributed by atoms with van der Waals surface area (Å²) in [5, 5.41) is 2.54. The van der Waals surface area contributed by atoms with Crippen LogP contribution in [0.25, 0.3) is 5.69 Å². The number of benzene rings is 1. The molecule has 27 heavy (non-hydrogen) atoms. The summed E-state index contributed by atoms with van der Waals surface area (Å²) in [6.45, 7) is 3.39. The van der Waals surface area contributed by atoms with Crippen LogP contribution in [0.3, 0.4) is 0 Å². The number of nitrogens with one attached hydrogen (secondary N) is 1. The van der Waals surface area contributed by atoms with Gasteiger partial charge in [-0.15, -0.1) is 0 Å². The van der Waals surface area contributed by atoms with Crippen LogP contribution in [0.5, 0.6) is 0 Å². The third-order valence-electron chi connectivity index (χ3n) is 3.87.